The predicted molar refractivity (Wildman–Crippen MR) is 71.5 cm³/mol. The second kappa shape index (κ2) is 5.33. The second-order valence-corrected chi connectivity index (χ2v) is 5.79. The highest BCUT2D eigenvalue weighted by Gasteiger charge is 2.26. The standard InChI is InChI=1S/C14H16O3S/c15-14(13-9-18-7-6-16-13)10-2-1-3-12(8-10)17-11-4-5-11/h1-3,8,11,13H,4-7,9H2. The molecule has 1 aromatic rings. The number of carbonyl (C=O) groups excluding carboxylic acids is 1. The van der Waals surface area contributed by atoms with Gasteiger partial charge in [-0.05, 0) is 25.0 Å². The summed E-state index contributed by atoms with van der Waals surface area (Å²) in [6, 6.07) is 7.46. The van der Waals surface area contributed by atoms with Gasteiger partial charge in [-0.3, -0.25) is 4.79 Å². The molecular formula is C14H16O3S. The van der Waals surface area contributed by atoms with Crippen molar-refractivity contribution in [3.63, 3.8) is 0 Å². The third-order valence-electron chi connectivity index (χ3n) is 3.05. The van der Waals surface area contributed by atoms with E-state index >= 15 is 0 Å². The zero-order valence-electron chi connectivity index (χ0n) is 10.1. The van der Waals surface area contributed by atoms with Gasteiger partial charge in [0.2, 0.25) is 0 Å². The van der Waals surface area contributed by atoms with Gasteiger partial charge in [-0.15, -0.1) is 0 Å². The molecule has 1 unspecified atom stereocenters. The SMILES string of the molecule is O=C(c1cccc(OC2CC2)c1)C1CSCCO1. The highest BCUT2D eigenvalue weighted by Crippen LogP contribution is 2.27. The highest BCUT2D eigenvalue weighted by atomic mass is 32.2. The summed E-state index contributed by atoms with van der Waals surface area (Å²) in [4.78, 5) is 12.3. The van der Waals surface area contributed by atoms with Crippen molar-refractivity contribution >= 4 is 17.5 Å². The molecule has 96 valence electrons. The molecule has 1 atom stereocenters. The van der Waals surface area contributed by atoms with Gasteiger partial charge in [0, 0.05) is 17.1 Å². The molecule has 3 nitrogen and oxygen atoms in total. The molecule has 0 aromatic heterocycles. The average molecular weight is 264 g/mol. The second-order valence-electron chi connectivity index (χ2n) is 4.64. The summed E-state index contributed by atoms with van der Waals surface area (Å²) in [5.74, 6) is 2.61. The molecule has 1 aliphatic carbocycles. The van der Waals surface area contributed by atoms with Gasteiger partial charge in [0.25, 0.3) is 0 Å². The van der Waals surface area contributed by atoms with E-state index in [1.54, 1.807) is 11.8 Å². The zero-order chi connectivity index (χ0) is 12.4. The van der Waals surface area contributed by atoms with Crippen LogP contribution in [0.5, 0.6) is 5.75 Å². The van der Waals surface area contributed by atoms with Crippen LogP contribution in [0.4, 0.5) is 0 Å². The van der Waals surface area contributed by atoms with Crippen molar-refractivity contribution in [3.8, 4) is 5.75 Å². The van der Waals surface area contributed by atoms with Gasteiger partial charge >= 0.3 is 0 Å². The summed E-state index contributed by atoms with van der Waals surface area (Å²) in [7, 11) is 0. The molecule has 0 radical (unpaired) electrons. The van der Waals surface area contributed by atoms with Gasteiger partial charge < -0.3 is 9.47 Å². The lowest BCUT2D eigenvalue weighted by molar-refractivity contribution is 0.0518. The van der Waals surface area contributed by atoms with E-state index in [1.165, 1.54) is 0 Å². The van der Waals surface area contributed by atoms with E-state index in [4.69, 9.17) is 9.47 Å². The molecule has 1 aliphatic heterocycles. The molecule has 2 fully saturated rings. The number of benzene rings is 1. The summed E-state index contributed by atoms with van der Waals surface area (Å²) in [6.07, 6.45) is 2.32. The maximum atomic E-state index is 12.3. The number of thioether (sulfide) groups is 1. The van der Waals surface area contributed by atoms with Crippen molar-refractivity contribution < 1.29 is 14.3 Å². The molecule has 0 spiro atoms. The van der Waals surface area contributed by atoms with Crippen LogP contribution in [0, 0.1) is 0 Å². The molecule has 0 N–H and O–H groups in total. The first-order chi connectivity index (χ1) is 8.83. The lowest BCUT2D eigenvalue weighted by Gasteiger charge is -2.21. The van der Waals surface area contributed by atoms with Crippen LogP contribution in [0.25, 0.3) is 0 Å². The van der Waals surface area contributed by atoms with E-state index in [-0.39, 0.29) is 11.9 Å². The third kappa shape index (κ3) is 2.87. The quantitative estimate of drug-likeness (QED) is 0.783. The third-order valence-corrected chi connectivity index (χ3v) is 4.05. The van der Waals surface area contributed by atoms with E-state index in [0.717, 1.165) is 30.1 Å². The fraction of sp³-hybridized carbons (Fsp3) is 0.500. The van der Waals surface area contributed by atoms with Crippen LogP contribution in [0.3, 0.4) is 0 Å². The number of Topliss-reactive ketones (excluding diaryl/α,β-unsaturated/α-hetero) is 1. The molecule has 4 heteroatoms. The van der Waals surface area contributed by atoms with E-state index in [0.29, 0.717) is 18.3 Å². The monoisotopic (exact) mass is 264 g/mol. The van der Waals surface area contributed by atoms with Crippen LogP contribution in [0.2, 0.25) is 0 Å². The largest absolute Gasteiger partial charge is 0.490 e. The minimum absolute atomic E-state index is 0.0726. The average Bonchev–Trinajstić information content (AvgIpc) is 3.23. The van der Waals surface area contributed by atoms with Crippen LogP contribution in [-0.2, 0) is 4.74 Å². The number of ketones is 1. The van der Waals surface area contributed by atoms with Crippen molar-refractivity contribution in [3.05, 3.63) is 29.8 Å². The fourth-order valence-electron chi connectivity index (χ4n) is 1.93. The number of rotatable bonds is 4. The summed E-state index contributed by atoms with van der Waals surface area (Å²) in [5, 5.41) is 0. The first-order valence-electron chi connectivity index (χ1n) is 6.33. The molecular weight excluding hydrogens is 248 g/mol. The van der Waals surface area contributed by atoms with Gasteiger partial charge in [0.1, 0.15) is 11.9 Å². The summed E-state index contributed by atoms with van der Waals surface area (Å²) in [6.45, 7) is 0.666. The molecule has 3 rings (SSSR count). The van der Waals surface area contributed by atoms with E-state index < -0.39 is 0 Å². The normalized spacial score (nSPS) is 23.7. The molecule has 1 saturated heterocycles. The molecule has 1 saturated carbocycles. The van der Waals surface area contributed by atoms with Gasteiger partial charge in [-0.25, -0.2) is 0 Å². The Bertz CT molecular complexity index is 436. The number of hydrogen-bond donors (Lipinski definition) is 0. The molecule has 18 heavy (non-hydrogen) atoms. The van der Waals surface area contributed by atoms with Crippen molar-refractivity contribution in [2.75, 3.05) is 18.1 Å². The van der Waals surface area contributed by atoms with Crippen LogP contribution in [0.15, 0.2) is 24.3 Å². The predicted octanol–water partition coefficient (Wildman–Crippen LogP) is 2.54. The Morgan fingerprint density at radius 3 is 3.00 bits per heavy atom. The van der Waals surface area contributed by atoms with Crippen molar-refractivity contribution in [1.29, 1.82) is 0 Å². The highest BCUT2D eigenvalue weighted by molar-refractivity contribution is 7.99. The Labute approximate surface area is 111 Å². The first-order valence-corrected chi connectivity index (χ1v) is 7.49. The Morgan fingerprint density at radius 2 is 2.28 bits per heavy atom. The fourth-order valence-corrected chi connectivity index (χ4v) is 2.77. The van der Waals surface area contributed by atoms with E-state index in [9.17, 15) is 4.79 Å². The topological polar surface area (TPSA) is 35.5 Å². The first kappa shape index (κ1) is 12.1. The lowest BCUT2D eigenvalue weighted by atomic mass is 10.1. The molecule has 0 bridgehead atoms. The summed E-state index contributed by atoms with van der Waals surface area (Å²) >= 11 is 1.77. The minimum atomic E-state index is -0.292. The van der Waals surface area contributed by atoms with Gasteiger partial charge in [-0.1, -0.05) is 12.1 Å². The molecule has 1 aromatic carbocycles. The van der Waals surface area contributed by atoms with Crippen LogP contribution in [0.1, 0.15) is 23.2 Å². The van der Waals surface area contributed by atoms with Gasteiger partial charge in [0.05, 0.1) is 12.7 Å². The molecule has 1 heterocycles. The smallest absolute Gasteiger partial charge is 0.192 e. The lowest BCUT2D eigenvalue weighted by Crippen LogP contribution is -2.31. The van der Waals surface area contributed by atoms with Crippen molar-refractivity contribution in [2.24, 2.45) is 0 Å². The molecule has 0 amide bonds. The van der Waals surface area contributed by atoms with Gasteiger partial charge in [-0.2, -0.15) is 11.8 Å². The van der Waals surface area contributed by atoms with Gasteiger partial charge in [0.15, 0.2) is 5.78 Å². The van der Waals surface area contributed by atoms with Crippen LogP contribution >= 0.6 is 11.8 Å². The van der Waals surface area contributed by atoms with E-state index in [2.05, 4.69) is 0 Å². The Hall–Kier alpha value is -1.00. The number of ether oxygens (including phenoxy) is 2. The minimum Gasteiger partial charge on any atom is -0.490 e. The number of hydrogen-bond acceptors (Lipinski definition) is 4. The van der Waals surface area contributed by atoms with E-state index in [1.807, 2.05) is 24.3 Å². The van der Waals surface area contributed by atoms with Crippen LogP contribution in [-0.4, -0.2) is 36.1 Å². The Balaban J connectivity index is 1.71. The van der Waals surface area contributed by atoms with Crippen molar-refractivity contribution in [2.45, 2.75) is 25.0 Å². The van der Waals surface area contributed by atoms with Crippen molar-refractivity contribution in [1.82, 2.24) is 0 Å². The zero-order valence-corrected chi connectivity index (χ0v) is 10.9. The number of carbonyl (C=O) groups is 1. The Morgan fingerprint density at radius 1 is 1.39 bits per heavy atom. The maximum absolute atomic E-state index is 12.3. The molecule has 2 aliphatic rings. The summed E-state index contributed by atoms with van der Waals surface area (Å²) < 4.78 is 11.2. The Kier molecular flexibility index (Phi) is 3.57. The maximum Gasteiger partial charge on any atom is 0.192 e. The van der Waals surface area contributed by atoms with Crippen LogP contribution < -0.4 is 4.74 Å². The summed E-state index contributed by atoms with van der Waals surface area (Å²) in [5.41, 5.74) is 0.695.